The number of hydrogen-bond acceptors (Lipinski definition) is 2. The molecule has 2 nitrogen and oxygen atoms in total. The highest BCUT2D eigenvalue weighted by molar-refractivity contribution is 5.26. The largest absolute Gasteiger partial charge is 0.379 e. The lowest BCUT2D eigenvalue weighted by atomic mass is 10.00. The summed E-state index contributed by atoms with van der Waals surface area (Å²) in [6.07, 6.45) is 4.00. The lowest BCUT2D eigenvalue weighted by Gasteiger charge is -2.14. The van der Waals surface area contributed by atoms with Crippen molar-refractivity contribution < 1.29 is 4.74 Å². The van der Waals surface area contributed by atoms with E-state index in [9.17, 15) is 0 Å². The van der Waals surface area contributed by atoms with Crippen molar-refractivity contribution >= 4 is 0 Å². The van der Waals surface area contributed by atoms with Crippen molar-refractivity contribution in [1.82, 2.24) is 0 Å². The Kier molecular flexibility index (Phi) is 4.79. The molecule has 1 unspecified atom stereocenters. The molecule has 18 heavy (non-hydrogen) atoms. The molecule has 0 aliphatic heterocycles. The van der Waals surface area contributed by atoms with Gasteiger partial charge in [-0.15, -0.1) is 0 Å². The zero-order chi connectivity index (χ0) is 13.0. The van der Waals surface area contributed by atoms with Crippen molar-refractivity contribution in [2.75, 3.05) is 13.2 Å². The summed E-state index contributed by atoms with van der Waals surface area (Å²) in [5.74, 6) is 1.51. The van der Waals surface area contributed by atoms with Crippen molar-refractivity contribution in [2.24, 2.45) is 11.7 Å². The van der Waals surface area contributed by atoms with Gasteiger partial charge in [0.15, 0.2) is 0 Å². The third-order valence-corrected chi connectivity index (χ3v) is 3.70. The molecule has 2 rings (SSSR count). The van der Waals surface area contributed by atoms with Crippen LogP contribution in [0.25, 0.3) is 0 Å². The first-order valence-electron chi connectivity index (χ1n) is 7.10. The number of hydrogen-bond donors (Lipinski definition) is 1. The van der Waals surface area contributed by atoms with Gasteiger partial charge in [0, 0.05) is 6.61 Å². The van der Waals surface area contributed by atoms with Gasteiger partial charge in [0.25, 0.3) is 0 Å². The van der Waals surface area contributed by atoms with Crippen LogP contribution in [0.5, 0.6) is 0 Å². The van der Waals surface area contributed by atoms with E-state index in [0.717, 1.165) is 12.5 Å². The zero-order valence-corrected chi connectivity index (χ0v) is 11.6. The predicted molar refractivity (Wildman–Crippen MR) is 75.6 cm³/mol. The van der Waals surface area contributed by atoms with Gasteiger partial charge < -0.3 is 10.5 Å². The minimum absolute atomic E-state index is 0.00501. The van der Waals surface area contributed by atoms with Crippen LogP contribution in [-0.4, -0.2) is 13.2 Å². The second-order valence-electron chi connectivity index (χ2n) is 5.73. The first kappa shape index (κ1) is 13.6. The molecule has 0 bridgehead atoms. The van der Waals surface area contributed by atoms with Crippen molar-refractivity contribution in [3.63, 3.8) is 0 Å². The zero-order valence-electron chi connectivity index (χ0n) is 11.6. The first-order valence-corrected chi connectivity index (χ1v) is 7.10. The standard InChI is InChI=1S/C16H25NO/c1-12(2)14-5-7-15(8-6-14)16(17)11-18-10-9-13-3-4-13/h5-8,12-13,16H,3-4,9-11,17H2,1-2H3. The van der Waals surface area contributed by atoms with Crippen molar-refractivity contribution in [2.45, 2.75) is 45.1 Å². The Morgan fingerprint density at radius 2 is 1.78 bits per heavy atom. The second kappa shape index (κ2) is 6.35. The average molecular weight is 247 g/mol. The maximum atomic E-state index is 6.13. The molecular formula is C16H25NO. The lowest BCUT2D eigenvalue weighted by Crippen LogP contribution is -2.17. The van der Waals surface area contributed by atoms with Crippen LogP contribution in [0, 0.1) is 5.92 Å². The van der Waals surface area contributed by atoms with Crippen LogP contribution in [-0.2, 0) is 4.74 Å². The van der Waals surface area contributed by atoms with E-state index in [1.165, 1.54) is 30.4 Å². The molecule has 0 spiro atoms. The Bertz CT molecular complexity index is 354. The molecular weight excluding hydrogens is 222 g/mol. The molecule has 0 saturated heterocycles. The summed E-state index contributed by atoms with van der Waals surface area (Å²) in [4.78, 5) is 0. The van der Waals surface area contributed by atoms with Gasteiger partial charge in [-0.25, -0.2) is 0 Å². The molecule has 0 radical (unpaired) electrons. The Hall–Kier alpha value is -0.860. The van der Waals surface area contributed by atoms with Gasteiger partial charge in [-0.1, -0.05) is 51.0 Å². The summed E-state index contributed by atoms with van der Waals surface area (Å²) in [5.41, 5.74) is 8.66. The second-order valence-corrected chi connectivity index (χ2v) is 5.73. The molecule has 1 aliphatic carbocycles. The van der Waals surface area contributed by atoms with E-state index in [0.29, 0.717) is 12.5 Å². The highest BCUT2D eigenvalue weighted by atomic mass is 16.5. The van der Waals surface area contributed by atoms with E-state index in [4.69, 9.17) is 10.5 Å². The number of benzene rings is 1. The van der Waals surface area contributed by atoms with E-state index in [-0.39, 0.29) is 6.04 Å². The van der Waals surface area contributed by atoms with Gasteiger partial charge in [0.1, 0.15) is 0 Å². The fraction of sp³-hybridized carbons (Fsp3) is 0.625. The van der Waals surface area contributed by atoms with Gasteiger partial charge in [-0.2, -0.15) is 0 Å². The smallest absolute Gasteiger partial charge is 0.0659 e. The molecule has 1 saturated carbocycles. The van der Waals surface area contributed by atoms with Crippen molar-refractivity contribution in [3.05, 3.63) is 35.4 Å². The quantitative estimate of drug-likeness (QED) is 0.747. The summed E-state index contributed by atoms with van der Waals surface area (Å²) < 4.78 is 5.65. The van der Waals surface area contributed by atoms with Gasteiger partial charge in [-0.3, -0.25) is 0 Å². The Morgan fingerprint density at radius 3 is 2.33 bits per heavy atom. The monoisotopic (exact) mass is 247 g/mol. The van der Waals surface area contributed by atoms with E-state index in [2.05, 4.69) is 38.1 Å². The van der Waals surface area contributed by atoms with Crippen molar-refractivity contribution in [3.8, 4) is 0 Å². The Morgan fingerprint density at radius 1 is 1.17 bits per heavy atom. The molecule has 1 fully saturated rings. The highest BCUT2D eigenvalue weighted by Gasteiger charge is 2.20. The van der Waals surface area contributed by atoms with Gasteiger partial charge in [-0.05, 0) is 29.4 Å². The summed E-state index contributed by atoms with van der Waals surface area (Å²) >= 11 is 0. The maximum absolute atomic E-state index is 6.13. The van der Waals surface area contributed by atoms with Crippen LogP contribution in [0.15, 0.2) is 24.3 Å². The van der Waals surface area contributed by atoms with E-state index in [1.54, 1.807) is 0 Å². The fourth-order valence-electron chi connectivity index (χ4n) is 2.09. The highest BCUT2D eigenvalue weighted by Crippen LogP contribution is 2.32. The number of rotatable bonds is 7. The average Bonchev–Trinajstić information content (AvgIpc) is 3.18. The molecule has 2 heteroatoms. The number of ether oxygens (including phenoxy) is 1. The SMILES string of the molecule is CC(C)c1ccc(C(N)COCCC2CC2)cc1. The van der Waals surface area contributed by atoms with E-state index < -0.39 is 0 Å². The number of nitrogens with two attached hydrogens (primary N) is 1. The first-order chi connectivity index (χ1) is 8.66. The Balaban J connectivity index is 1.74. The molecule has 100 valence electrons. The van der Waals surface area contributed by atoms with Crippen LogP contribution >= 0.6 is 0 Å². The van der Waals surface area contributed by atoms with Crippen LogP contribution in [0.3, 0.4) is 0 Å². The molecule has 1 aromatic rings. The molecule has 0 amide bonds. The third-order valence-electron chi connectivity index (χ3n) is 3.70. The predicted octanol–water partition coefficient (Wildman–Crippen LogP) is 3.63. The van der Waals surface area contributed by atoms with Crippen LogP contribution in [0.1, 0.15) is 56.2 Å². The summed E-state index contributed by atoms with van der Waals surface area (Å²) in [5, 5.41) is 0. The van der Waals surface area contributed by atoms with Gasteiger partial charge in [0.2, 0.25) is 0 Å². The van der Waals surface area contributed by atoms with E-state index in [1.807, 2.05) is 0 Å². The van der Waals surface area contributed by atoms with Crippen LogP contribution < -0.4 is 5.73 Å². The van der Waals surface area contributed by atoms with Gasteiger partial charge in [0.05, 0.1) is 12.6 Å². The molecule has 1 aliphatic rings. The minimum Gasteiger partial charge on any atom is -0.379 e. The molecule has 2 N–H and O–H groups in total. The van der Waals surface area contributed by atoms with Gasteiger partial charge >= 0.3 is 0 Å². The molecule has 0 heterocycles. The fourth-order valence-corrected chi connectivity index (χ4v) is 2.09. The normalized spacial score (nSPS) is 17.1. The van der Waals surface area contributed by atoms with Crippen LogP contribution in [0.4, 0.5) is 0 Å². The van der Waals surface area contributed by atoms with Crippen LogP contribution in [0.2, 0.25) is 0 Å². The third kappa shape index (κ3) is 4.11. The topological polar surface area (TPSA) is 35.2 Å². The molecule has 1 aromatic carbocycles. The molecule has 0 aromatic heterocycles. The summed E-state index contributed by atoms with van der Waals surface area (Å²) in [7, 11) is 0. The molecule has 1 atom stereocenters. The lowest BCUT2D eigenvalue weighted by molar-refractivity contribution is 0.115. The van der Waals surface area contributed by atoms with Crippen molar-refractivity contribution in [1.29, 1.82) is 0 Å². The van der Waals surface area contributed by atoms with E-state index >= 15 is 0 Å². The maximum Gasteiger partial charge on any atom is 0.0659 e. The minimum atomic E-state index is 0.00501. The Labute approximate surface area is 111 Å². The summed E-state index contributed by atoms with van der Waals surface area (Å²) in [6, 6.07) is 8.60. The summed E-state index contributed by atoms with van der Waals surface area (Å²) in [6.45, 7) is 5.90.